The fourth-order valence-electron chi connectivity index (χ4n) is 1.72. The highest BCUT2D eigenvalue weighted by atomic mass is 19.3. The molecule has 78 valence electrons. The van der Waals surface area contributed by atoms with Gasteiger partial charge in [0.25, 0.3) is 6.43 Å². The average Bonchev–Trinajstić information content (AvgIpc) is 2.01. The predicted octanol–water partition coefficient (Wildman–Crippen LogP) is 3.63. The number of halogens is 2. The van der Waals surface area contributed by atoms with Crippen molar-refractivity contribution in [3.8, 4) is 0 Å². The number of alkyl halides is 2. The number of hydrogen-bond acceptors (Lipinski definition) is 1. The Morgan fingerprint density at radius 2 is 1.86 bits per heavy atom. The first-order chi connectivity index (χ1) is 6.34. The van der Waals surface area contributed by atoms with E-state index in [1.165, 1.54) is 6.20 Å². The SMILES string of the molecule is Cc1ccnc(C(F)F)c1C(C)(C)C. The molecule has 3 heteroatoms. The number of aromatic nitrogens is 1. The van der Waals surface area contributed by atoms with Gasteiger partial charge in [-0.1, -0.05) is 20.8 Å². The summed E-state index contributed by atoms with van der Waals surface area (Å²) in [5.41, 5.74) is 1.17. The van der Waals surface area contributed by atoms with Crippen molar-refractivity contribution in [3.05, 3.63) is 29.1 Å². The molecule has 0 amide bonds. The molecule has 0 atom stereocenters. The van der Waals surface area contributed by atoms with Crippen molar-refractivity contribution >= 4 is 0 Å². The zero-order valence-corrected chi connectivity index (χ0v) is 8.94. The van der Waals surface area contributed by atoms with Crippen LogP contribution in [0.4, 0.5) is 8.78 Å². The Bertz CT molecular complexity index is 327. The van der Waals surface area contributed by atoms with Gasteiger partial charge in [-0.25, -0.2) is 8.78 Å². The first kappa shape index (κ1) is 11.1. The van der Waals surface area contributed by atoms with Gasteiger partial charge in [-0.05, 0) is 29.5 Å². The average molecular weight is 199 g/mol. The van der Waals surface area contributed by atoms with Crippen molar-refractivity contribution in [3.63, 3.8) is 0 Å². The molecule has 1 nitrogen and oxygen atoms in total. The topological polar surface area (TPSA) is 12.9 Å². The molecular weight excluding hydrogens is 184 g/mol. The first-order valence-electron chi connectivity index (χ1n) is 4.58. The molecule has 0 bridgehead atoms. The van der Waals surface area contributed by atoms with Crippen LogP contribution in [0.15, 0.2) is 12.3 Å². The molecule has 0 unspecified atom stereocenters. The molecule has 0 spiro atoms. The van der Waals surface area contributed by atoms with Crippen LogP contribution in [-0.2, 0) is 5.41 Å². The van der Waals surface area contributed by atoms with E-state index in [0.717, 1.165) is 5.56 Å². The zero-order valence-electron chi connectivity index (χ0n) is 8.94. The summed E-state index contributed by atoms with van der Waals surface area (Å²) >= 11 is 0. The fraction of sp³-hybridized carbons (Fsp3) is 0.545. The quantitative estimate of drug-likeness (QED) is 0.673. The monoisotopic (exact) mass is 199 g/mol. The summed E-state index contributed by atoms with van der Waals surface area (Å²) in [7, 11) is 0. The summed E-state index contributed by atoms with van der Waals surface area (Å²) in [6.07, 6.45) is -1.06. The van der Waals surface area contributed by atoms with E-state index in [2.05, 4.69) is 4.98 Å². The lowest BCUT2D eigenvalue weighted by atomic mass is 9.83. The second-order valence-corrected chi connectivity index (χ2v) is 4.44. The van der Waals surface area contributed by atoms with Crippen LogP contribution in [0, 0.1) is 6.92 Å². The van der Waals surface area contributed by atoms with Gasteiger partial charge in [0.05, 0.1) is 0 Å². The normalized spacial score (nSPS) is 12.2. The molecule has 0 radical (unpaired) electrons. The van der Waals surface area contributed by atoms with Crippen molar-refractivity contribution in [2.75, 3.05) is 0 Å². The highest BCUT2D eigenvalue weighted by Crippen LogP contribution is 2.32. The Labute approximate surface area is 83.2 Å². The molecule has 0 aliphatic rings. The van der Waals surface area contributed by atoms with E-state index in [1.54, 1.807) is 6.07 Å². The van der Waals surface area contributed by atoms with Crippen LogP contribution in [0.2, 0.25) is 0 Å². The molecule has 0 saturated heterocycles. The largest absolute Gasteiger partial charge is 0.280 e. The molecule has 1 rings (SSSR count). The maximum atomic E-state index is 12.7. The Balaban J connectivity index is 3.38. The molecule has 14 heavy (non-hydrogen) atoms. The summed E-state index contributed by atoms with van der Waals surface area (Å²) in [4.78, 5) is 3.76. The van der Waals surface area contributed by atoms with Crippen LogP contribution in [0.1, 0.15) is 44.0 Å². The molecule has 1 heterocycles. The van der Waals surface area contributed by atoms with Gasteiger partial charge in [0, 0.05) is 6.20 Å². The minimum atomic E-state index is -2.50. The standard InChI is InChI=1S/C11H15F2N/c1-7-5-6-14-9(10(12)13)8(7)11(2,3)4/h5-6,10H,1-4H3. The Morgan fingerprint density at radius 3 is 2.21 bits per heavy atom. The van der Waals surface area contributed by atoms with Gasteiger partial charge in [0.15, 0.2) is 0 Å². The van der Waals surface area contributed by atoms with Crippen molar-refractivity contribution in [1.82, 2.24) is 4.98 Å². The van der Waals surface area contributed by atoms with E-state index in [0.29, 0.717) is 5.56 Å². The van der Waals surface area contributed by atoms with Crippen LogP contribution in [-0.4, -0.2) is 4.98 Å². The van der Waals surface area contributed by atoms with Gasteiger partial charge in [0.2, 0.25) is 0 Å². The number of nitrogens with zero attached hydrogens (tertiary/aromatic N) is 1. The summed E-state index contributed by atoms with van der Waals surface area (Å²) in [6, 6.07) is 1.77. The Morgan fingerprint density at radius 1 is 1.29 bits per heavy atom. The number of pyridine rings is 1. The van der Waals surface area contributed by atoms with Gasteiger partial charge >= 0.3 is 0 Å². The molecule has 1 aromatic rings. The third-order valence-corrected chi connectivity index (χ3v) is 2.15. The molecule has 0 saturated carbocycles. The molecule has 0 aliphatic heterocycles. The van der Waals surface area contributed by atoms with Crippen molar-refractivity contribution in [1.29, 1.82) is 0 Å². The van der Waals surface area contributed by atoms with Crippen LogP contribution in [0.25, 0.3) is 0 Å². The minimum absolute atomic E-state index is 0.0856. The molecule has 0 aromatic carbocycles. The number of rotatable bonds is 1. The minimum Gasteiger partial charge on any atom is -0.255 e. The third-order valence-electron chi connectivity index (χ3n) is 2.15. The van der Waals surface area contributed by atoms with Gasteiger partial charge < -0.3 is 0 Å². The highest BCUT2D eigenvalue weighted by molar-refractivity contribution is 5.35. The summed E-state index contributed by atoms with van der Waals surface area (Å²) < 4.78 is 25.4. The lowest BCUT2D eigenvalue weighted by molar-refractivity contribution is 0.143. The van der Waals surface area contributed by atoms with Crippen LogP contribution in [0.5, 0.6) is 0 Å². The first-order valence-corrected chi connectivity index (χ1v) is 4.58. The number of hydrogen-bond donors (Lipinski definition) is 0. The van der Waals surface area contributed by atoms with Gasteiger partial charge in [-0.3, -0.25) is 4.98 Å². The van der Waals surface area contributed by atoms with E-state index in [4.69, 9.17) is 0 Å². The molecule has 0 N–H and O–H groups in total. The molecule has 0 fully saturated rings. The second-order valence-electron chi connectivity index (χ2n) is 4.44. The van der Waals surface area contributed by atoms with Crippen molar-refractivity contribution in [2.45, 2.75) is 39.5 Å². The molecule has 1 aromatic heterocycles. The summed E-state index contributed by atoms with van der Waals surface area (Å²) in [5, 5.41) is 0. The van der Waals surface area contributed by atoms with E-state index in [9.17, 15) is 8.78 Å². The highest BCUT2D eigenvalue weighted by Gasteiger charge is 2.25. The van der Waals surface area contributed by atoms with Gasteiger partial charge in [-0.15, -0.1) is 0 Å². The van der Waals surface area contributed by atoms with E-state index < -0.39 is 6.43 Å². The second kappa shape index (κ2) is 3.64. The lowest BCUT2D eigenvalue weighted by Crippen LogP contribution is -2.17. The van der Waals surface area contributed by atoms with E-state index in [1.807, 2.05) is 27.7 Å². The van der Waals surface area contributed by atoms with Crippen molar-refractivity contribution in [2.24, 2.45) is 0 Å². The molecular formula is C11H15F2N. The molecule has 0 aliphatic carbocycles. The van der Waals surface area contributed by atoms with Crippen LogP contribution in [0.3, 0.4) is 0 Å². The third kappa shape index (κ3) is 2.08. The van der Waals surface area contributed by atoms with Crippen LogP contribution >= 0.6 is 0 Å². The van der Waals surface area contributed by atoms with Gasteiger partial charge in [-0.2, -0.15) is 0 Å². The van der Waals surface area contributed by atoms with Crippen molar-refractivity contribution < 1.29 is 8.78 Å². The zero-order chi connectivity index (χ0) is 10.9. The Hall–Kier alpha value is -0.990. The summed E-state index contributed by atoms with van der Waals surface area (Å²) in [6.45, 7) is 7.60. The smallest absolute Gasteiger partial charge is 0.255 e. The predicted molar refractivity (Wildman–Crippen MR) is 52.6 cm³/mol. The van der Waals surface area contributed by atoms with E-state index >= 15 is 0 Å². The fourth-order valence-corrected chi connectivity index (χ4v) is 1.72. The van der Waals surface area contributed by atoms with Gasteiger partial charge in [0.1, 0.15) is 5.69 Å². The maximum absolute atomic E-state index is 12.7. The summed E-state index contributed by atoms with van der Waals surface area (Å²) in [5.74, 6) is 0. The Kier molecular flexibility index (Phi) is 2.88. The van der Waals surface area contributed by atoms with E-state index in [-0.39, 0.29) is 11.1 Å². The maximum Gasteiger partial charge on any atom is 0.280 e. The van der Waals surface area contributed by atoms with Crippen LogP contribution < -0.4 is 0 Å². The number of aryl methyl sites for hydroxylation is 1. The lowest BCUT2D eigenvalue weighted by Gasteiger charge is -2.24.